The fourth-order valence-corrected chi connectivity index (χ4v) is 5.34. The van der Waals surface area contributed by atoms with Gasteiger partial charge in [-0.15, -0.1) is 0 Å². The highest BCUT2D eigenvalue weighted by Crippen LogP contribution is 2.51. The van der Waals surface area contributed by atoms with Crippen molar-refractivity contribution >= 4 is 62.5 Å². The monoisotopic (exact) mass is 484 g/mol. The van der Waals surface area contributed by atoms with Gasteiger partial charge in [-0.25, -0.2) is 14.8 Å². The Morgan fingerprint density at radius 1 is 1.24 bits per heavy atom. The largest absolute Gasteiger partial charge is 0.507 e. The lowest BCUT2D eigenvalue weighted by Gasteiger charge is -2.08. The first-order valence-corrected chi connectivity index (χ1v) is 11.6. The third kappa shape index (κ3) is 4.21. The van der Waals surface area contributed by atoms with Gasteiger partial charge in [0.15, 0.2) is 16.0 Å². The molecular formula is C22H20N4O5S2. The summed E-state index contributed by atoms with van der Waals surface area (Å²) in [5.41, 5.74) is 2.23. The van der Waals surface area contributed by atoms with Crippen molar-refractivity contribution in [2.75, 3.05) is 5.32 Å². The topological polar surface area (TPSA) is 130 Å². The summed E-state index contributed by atoms with van der Waals surface area (Å²) in [4.78, 5) is 49.9. The lowest BCUT2D eigenvalue weighted by atomic mass is 10.0. The number of ether oxygens (including phenoxy) is 1. The Hall–Kier alpha value is -3.31. The Morgan fingerprint density at radius 2 is 1.97 bits per heavy atom. The summed E-state index contributed by atoms with van der Waals surface area (Å²) in [6.07, 6.45) is 0. The number of aromatic nitrogens is 1. The highest BCUT2D eigenvalue weighted by molar-refractivity contribution is 8.18. The zero-order valence-electron chi connectivity index (χ0n) is 18.5. The third-order valence-corrected chi connectivity index (χ3v) is 7.01. The summed E-state index contributed by atoms with van der Waals surface area (Å²) in [5.74, 6) is -1.23. The number of aliphatic imine (C=N–C) groups is 2. The second-order valence-corrected chi connectivity index (χ2v) is 9.70. The predicted octanol–water partition coefficient (Wildman–Crippen LogP) is 4.16. The zero-order valence-corrected chi connectivity index (χ0v) is 20.1. The smallest absolute Gasteiger partial charge is 0.345 e. The number of phenolic OH excluding ortho intramolecular Hbond substituents is 1. The number of anilines is 1. The van der Waals surface area contributed by atoms with E-state index in [0.29, 0.717) is 43.0 Å². The molecule has 2 aliphatic heterocycles. The first-order valence-electron chi connectivity index (χ1n) is 10.0. The lowest BCUT2D eigenvalue weighted by Crippen LogP contribution is -2.17. The molecule has 0 saturated carbocycles. The molecule has 2 amide bonds. The van der Waals surface area contributed by atoms with Crippen molar-refractivity contribution in [1.82, 2.24) is 4.98 Å². The Balaban J connectivity index is 1.82. The van der Waals surface area contributed by atoms with E-state index in [1.807, 2.05) is 0 Å². The molecule has 1 aromatic heterocycles. The number of fused-ring (bicyclic) bond motifs is 1. The van der Waals surface area contributed by atoms with Crippen LogP contribution in [0.4, 0.5) is 5.13 Å². The standard InChI is InChI=1S/C22H20N4O5S2/c1-8(2)19(29)26-22-24-10(4)18(33-22)15-13(28)7-6-12-14(20(30)31-16(12)15)17-9(3)23-21(32-17)25-11(5)27/h6-8,28H,1-5H3,(H,24,26,29). The number of allylic oxidation sites excluding steroid dienone is 1. The number of esters is 1. The molecule has 0 bridgehead atoms. The molecule has 0 atom stereocenters. The highest BCUT2D eigenvalue weighted by atomic mass is 32.2. The number of phenols is 1. The molecule has 2 N–H and O–H groups in total. The van der Waals surface area contributed by atoms with Gasteiger partial charge in [0, 0.05) is 18.4 Å². The summed E-state index contributed by atoms with van der Waals surface area (Å²) in [7, 11) is 0. The van der Waals surface area contributed by atoms with Gasteiger partial charge in [0.2, 0.25) is 11.8 Å². The van der Waals surface area contributed by atoms with E-state index in [2.05, 4.69) is 20.3 Å². The van der Waals surface area contributed by atoms with Crippen LogP contribution in [0.1, 0.15) is 39.0 Å². The lowest BCUT2D eigenvalue weighted by molar-refractivity contribution is -0.127. The molecule has 9 nitrogen and oxygen atoms in total. The summed E-state index contributed by atoms with van der Waals surface area (Å²) in [6, 6.07) is 3.09. The second-order valence-electron chi connectivity index (χ2n) is 7.72. The zero-order chi connectivity index (χ0) is 24.0. The van der Waals surface area contributed by atoms with Crippen molar-refractivity contribution in [2.45, 2.75) is 34.6 Å². The van der Waals surface area contributed by atoms with Gasteiger partial charge in [0.25, 0.3) is 0 Å². The Bertz CT molecular complexity index is 1320. The summed E-state index contributed by atoms with van der Waals surface area (Å²) in [6.45, 7) is 8.36. The van der Waals surface area contributed by atoms with Crippen LogP contribution in [0.2, 0.25) is 0 Å². The number of amidine groups is 1. The maximum Gasteiger partial charge on any atom is 0.345 e. The molecule has 2 aliphatic rings. The van der Waals surface area contributed by atoms with E-state index in [1.165, 1.54) is 24.3 Å². The minimum absolute atomic E-state index is 0.0791. The van der Waals surface area contributed by atoms with E-state index in [4.69, 9.17) is 4.74 Å². The number of nitrogens with one attached hydrogen (secondary N) is 1. The van der Waals surface area contributed by atoms with Crippen molar-refractivity contribution in [1.29, 1.82) is 0 Å². The van der Waals surface area contributed by atoms with Crippen molar-refractivity contribution in [3.63, 3.8) is 0 Å². The average molecular weight is 485 g/mol. The minimum Gasteiger partial charge on any atom is -0.507 e. The van der Waals surface area contributed by atoms with Crippen molar-refractivity contribution < 1.29 is 24.2 Å². The van der Waals surface area contributed by atoms with Crippen molar-refractivity contribution in [3.8, 4) is 21.9 Å². The second kappa shape index (κ2) is 8.56. The molecule has 0 saturated heterocycles. The van der Waals surface area contributed by atoms with Crippen LogP contribution < -0.4 is 10.1 Å². The van der Waals surface area contributed by atoms with Crippen LogP contribution in [0.5, 0.6) is 11.5 Å². The molecule has 0 unspecified atom stereocenters. The number of benzene rings is 1. The van der Waals surface area contributed by atoms with E-state index in [0.717, 1.165) is 11.8 Å². The third-order valence-electron chi connectivity index (χ3n) is 4.85. The van der Waals surface area contributed by atoms with E-state index >= 15 is 0 Å². The maximum absolute atomic E-state index is 12.9. The first-order chi connectivity index (χ1) is 15.6. The maximum atomic E-state index is 12.9. The molecule has 3 heterocycles. The summed E-state index contributed by atoms with van der Waals surface area (Å²) < 4.78 is 5.61. The number of thioether (sulfide) groups is 1. The molecule has 4 rings (SSSR count). The van der Waals surface area contributed by atoms with Gasteiger partial charge in [-0.3, -0.25) is 9.59 Å². The Labute approximate surface area is 197 Å². The van der Waals surface area contributed by atoms with Gasteiger partial charge in [-0.1, -0.05) is 25.2 Å². The number of carbonyl (C=O) groups is 3. The first kappa shape index (κ1) is 22.9. The van der Waals surface area contributed by atoms with Gasteiger partial charge < -0.3 is 15.2 Å². The van der Waals surface area contributed by atoms with Crippen LogP contribution in [0, 0.1) is 12.8 Å². The number of hydrogen-bond acceptors (Lipinski definition) is 8. The number of carbonyl (C=O) groups excluding carboxylic acids is 3. The van der Waals surface area contributed by atoms with Crippen LogP contribution in [0.15, 0.2) is 27.0 Å². The van der Waals surface area contributed by atoms with Crippen molar-refractivity contribution in [2.24, 2.45) is 15.9 Å². The summed E-state index contributed by atoms with van der Waals surface area (Å²) >= 11 is 2.30. The number of aryl methyl sites for hydroxylation is 1. The van der Waals surface area contributed by atoms with Gasteiger partial charge in [0.05, 0.1) is 32.3 Å². The van der Waals surface area contributed by atoms with Gasteiger partial charge in [-0.2, -0.15) is 4.99 Å². The molecule has 170 valence electrons. The summed E-state index contributed by atoms with van der Waals surface area (Å²) in [5, 5.41) is 14.1. The fourth-order valence-electron chi connectivity index (χ4n) is 3.29. The van der Waals surface area contributed by atoms with Crippen molar-refractivity contribution in [3.05, 3.63) is 28.3 Å². The molecule has 1 aromatic carbocycles. The molecule has 11 heteroatoms. The average Bonchev–Trinajstić information content (AvgIpc) is 3.35. The molecule has 0 aliphatic carbocycles. The SMILES string of the molecule is CC(=O)N=C1N=C(C)C(=C2C(=O)Oc3c2ccc(O)c3-c2sc(NC(=O)C(C)C)nc2C)S1. The van der Waals surface area contributed by atoms with E-state index in [-0.39, 0.29) is 34.4 Å². The Kier molecular flexibility index (Phi) is 5.93. The minimum atomic E-state index is -0.589. The Morgan fingerprint density at radius 3 is 2.64 bits per heavy atom. The quantitative estimate of drug-likeness (QED) is 0.380. The molecular weight excluding hydrogens is 464 g/mol. The molecule has 2 aromatic rings. The number of rotatable bonds is 3. The molecule has 33 heavy (non-hydrogen) atoms. The molecule has 0 radical (unpaired) electrons. The fraction of sp³-hybridized carbons (Fsp3) is 0.273. The van der Waals surface area contributed by atoms with Crippen LogP contribution >= 0.6 is 23.1 Å². The normalized spacial score (nSPS) is 18.5. The van der Waals surface area contributed by atoms with E-state index < -0.39 is 5.97 Å². The van der Waals surface area contributed by atoms with Gasteiger partial charge in [0.1, 0.15) is 5.75 Å². The molecule has 0 fully saturated rings. The molecule has 0 spiro atoms. The van der Waals surface area contributed by atoms with Crippen LogP contribution in [0.25, 0.3) is 16.0 Å². The number of amides is 2. The van der Waals surface area contributed by atoms with Gasteiger partial charge in [-0.05, 0) is 37.7 Å². The van der Waals surface area contributed by atoms with Gasteiger partial charge >= 0.3 is 5.97 Å². The highest BCUT2D eigenvalue weighted by Gasteiger charge is 2.37. The number of thiazole rings is 1. The van der Waals surface area contributed by atoms with Crippen LogP contribution in [-0.4, -0.2) is 38.8 Å². The predicted molar refractivity (Wildman–Crippen MR) is 129 cm³/mol. The van der Waals surface area contributed by atoms with E-state index in [9.17, 15) is 19.5 Å². The van der Waals surface area contributed by atoms with E-state index in [1.54, 1.807) is 33.8 Å². The van der Waals surface area contributed by atoms with Crippen LogP contribution in [0.3, 0.4) is 0 Å². The number of hydrogen-bond donors (Lipinski definition) is 2. The van der Waals surface area contributed by atoms with Crippen LogP contribution in [-0.2, 0) is 14.4 Å². The number of aromatic hydroxyl groups is 1. The number of nitrogens with zero attached hydrogens (tertiary/aromatic N) is 3.